The number of aryl methyl sites for hydroxylation is 1. The van der Waals surface area contributed by atoms with Crippen LogP contribution in [0.1, 0.15) is 78.3 Å². The van der Waals surface area contributed by atoms with Crippen LogP contribution in [0.5, 0.6) is 5.75 Å². The van der Waals surface area contributed by atoms with Gasteiger partial charge >= 0.3 is 6.09 Å². The molecule has 13 rings (SSSR count). The zero-order chi connectivity index (χ0) is 51.0. The number of ether oxygens (including phenoxy) is 2. The van der Waals surface area contributed by atoms with Crippen LogP contribution in [0.2, 0.25) is 0 Å². The fourth-order valence-electron chi connectivity index (χ4n) is 12.9. The Morgan fingerprint density at radius 1 is 0.797 bits per heavy atom. The summed E-state index contributed by atoms with van der Waals surface area (Å²) >= 11 is 6.66. The number of benzene rings is 6. The number of halogens is 1. The maximum absolute atomic E-state index is 14.8. The number of anilines is 3. The van der Waals surface area contributed by atoms with Gasteiger partial charge in [-0.2, -0.15) is 0 Å². The third-order valence-corrected chi connectivity index (χ3v) is 16.7. The van der Waals surface area contributed by atoms with Crippen molar-refractivity contribution in [2.75, 3.05) is 47.2 Å². The Morgan fingerprint density at radius 2 is 1.45 bits per heavy atom. The van der Waals surface area contributed by atoms with Gasteiger partial charge in [-0.1, -0.05) is 117 Å². The average molecular weight is 1010 g/mol. The van der Waals surface area contributed by atoms with Crippen LogP contribution in [0, 0.1) is 23.7 Å². The van der Waals surface area contributed by atoms with Gasteiger partial charge in [0.2, 0.25) is 23.6 Å². The SMILES string of the molecule is Cc1c[nH]c2c(OCc3ccccc3)cc3c(c12)C(CCl)CN3C(=O)C12CC(C(=O)N3CCc4c3cc(NC(=O)CNC(=O)C(NC(=O)OCC3c5ccccc5-c5ccccc53)C(C)C)c3ccccc43)(C1)C2. The van der Waals surface area contributed by atoms with Crippen molar-refractivity contribution in [3.8, 4) is 16.9 Å². The average Bonchev–Trinajstić information content (AvgIpc) is 4.23. The Hall–Kier alpha value is -7.64. The monoisotopic (exact) mass is 1010 g/mol. The summed E-state index contributed by atoms with van der Waals surface area (Å²) < 4.78 is 12.2. The first-order valence-electron chi connectivity index (χ1n) is 25.6. The lowest BCUT2D eigenvalue weighted by molar-refractivity contribution is -0.204. The molecule has 0 saturated heterocycles. The van der Waals surface area contributed by atoms with Crippen molar-refractivity contribution in [2.45, 2.75) is 70.9 Å². The summed E-state index contributed by atoms with van der Waals surface area (Å²) in [6.07, 6.45) is 3.30. The summed E-state index contributed by atoms with van der Waals surface area (Å²) in [5.74, 6) is -0.435. The van der Waals surface area contributed by atoms with E-state index in [1.165, 1.54) is 0 Å². The molecule has 376 valence electrons. The quantitative estimate of drug-likeness (QED) is 0.0789. The molecule has 6 aliphatic rings. The third kappa shape index (κ3) is 7.77. The number of nitrogens with zero attached hydrogens (tertiary/aromatic N) is 2. The van der Waals surface area contributed by atoms with Crippen molar-refractivity contribution in [3.63, 3.8) is 0 Å². The Labute approximate surface area is 433 Å². The molecule has 2 aliphatic heterocycles. The van der Waals surface area contributed by atoms with Crippen molar-refractivity contribution in [1.29, 1.82) is 0 Å². The summed E-state index contributed by atoms with van der Waals surface area (Å²) in [6.45, 7) is 6.75. The molecule has 3 fully saturated rings. The molecule has 3 saturated carbocycles. The normalized spacial score (nSPS) is 20.3. The predicted molar refractivity (Wildman–Crippen MR) is 287 cm³/mol. The van der Waals surface area contributed by atoms with Gasteiger partial charge in [0, 0.05) is 59.5 Å². The number of amides is 5. The van der Waals surface area contributed by atoms with E-state index in [1.807, 2.05) is 133 Å². The highest BCUT2D eigenvalue weighted by Crippen LogP contribution is 2.75. The lowest BCUT2D eigenvalue weighted by Crippen LogP contribution is -2.72. The van der Waals surface area contributed by atoms with E-state index < -0.39 is 34.8 Å². The predicted octanol–water partition coefficient (Wildman–Crippen LogP) is 10.3. The molecule has 2 unspecified atom stereocenters. The molecule has 3 heterocycles. The van der Waals surface area contributed by atoms with Crippen molar-refractivity contribution in [2.24, 2.45) is 16.7 Å². The molecule has 7 aromatic rings. The topological polar surface area (TPSA) is 162 Å². The first kappa shape index (κ1) is 47.4. The molecule has 6 aromatic carbocycles. The Bertz CT molecular complexity index is 3400. The van der Waals surface area contributed by atoms with Crippen LogP contribution in [-0.4, -0.2) is 72.9 Å². The summed E-state index contributed by atoms with van der Waals surface area (Å²) in [4.78, 5) is 77.2. The van der Waals surface area contributed by atoms with Crippen molar-refractivity contribution in [1.82, 2.24) is 15.6 Å². The minimum Gasteiger partial charge on any atom is -0.487 e. The number of carbonyl (C=O) groups excluding carboxylic acids is 5. The van der Waals surface area contributed by atoms with Crippen molar-refractivity contribution >= 4 is 80.1 Å². The van der Waals surface area contributed by atoms with Gasteiger partial charge in [-0.15, -0.1) is 11.6 Å². The van der Waals surface area contributed by atoms with E-state index in [2.05, 4.69) is 40.0 Å². The van der Waals surface area contributed by atoms with Crippen LogP contribution < -0.4 is 30.5 Å². The third-order valence-electron chi connectivity index (χ3n) is 16.4. The van der Waals surface area contributed by atoms with Gasteiger partial charge in [0.1, 0.15) is 25.0 Å². The number of hydrogen-bond acceptors (Lipinski definition) is 7. The van der Waals surface area contributed by atoms with E-state index in [9.17, 15) is 24.0 Å². The van der Waals surface area contributed by atoms with E-state index in [0.29, 0.717) is 62.7 Å². The summed E-state index contributed by atoms with van der Waals surface area (Å²) in [5.41, 5.74) is 10.2. The fraction of sp³-hybridized carbons (Fsp3) is 0.317. The van der Waals surface area contributed by atoms with Gasteiger partial charge in [-0.3, -0.25) is 19.2 Å². The molecule has 5 amide bonds. The molecule has 4 N–H and O–H groups in total. The van der Waals surface area contributed by atoms with Crippen LogP contribution in [0.15, 0.2) is 121 Å². The highest BCUT2D eigenvalue weighted by molar-refractivity contribution is 6.19. The van der Waals surface area contributed by atoms with E-state index in [4.69, 9.17) is 21.1 Å². The second-order valence-corrected chi connectivity index (χ2v) is 21.6. The number of alkyl carbamates (subject to hydrolysis) is 1. The second-order valence-electron chi connectivity index (χ2n) is 21.3. The van der Waals surface area contributed by atoms with Crippen molar-refractivity contribution in [3.05, 3.63) is 155 Å². The van der Waals surface area contributed by atoms with Crippen LogP contribution in [0.3, 0.4) is 0 Å². The molecule has 1 aromatic heterocycles. The molecule has 0 spiro atoms. The van der Waals surface area contributed by atoms with E-state index in [-0.39, 0.29) is 42.7 Å². The fourth-order valence-corrected chi connectivity index (χ4v) is 13.1. The van der Waals surface area contributed by atoms with Gasteiger partial charge in [0.05, 0.1) is 34.3 Å². The zero-order valence-corrected chi connectivity index (χ0v) is 42.3. The molecule has 2 bridgehead atoms. The lowest BCUT2D eigenvalue weighted by Gasteiger charge is -2.69. The van der Waals surface area contributed by atoms with Crippen molar-refractivity contribution < 1.29 is 33.4 Å². The summed E-state index contributed by atoms with van der Waals surface area (Å²) in [5, 5.41) is 11.2. The molecular formula is C60H57ClN6O7. The van der Waals surface area contributed by atoms with E-state index in [1.54, 1.807) is 0 Å². The minimum absolute atomic E-state index is 0.00362. The smallest absolute Gasteiger partial charge is 0.407 e. The number of carbonyl (C=O) groups is 5. The van der Waals surface area contributed by atoms with Gasteiger partial charge in [-0.05, 0) is 94.5 Å². The van der Waals surface area contributed by atoms with Gasteiger partial charge in [0.25, 0.3) is 0 Å². The van der Waals surface area contributed by atoms with Crippen LogP contribution in [0.25, 0.3) is 32.8 Å². The maximum Gasteiger partial charge on any atom is 0.407 e. The van der Waals surface area contributed by atoms with Gasteiger partial charge in [-0.25, -0.2) is 4.79 Å². The largest absolute Gasteiger partial charge is 0.487 e. The highest BCUT2D eigenvalue weighted by atomic mass is 35.5. The lowest BCUT2D eigenvalue weighted by atomic mass is 9.34. The van der Waals surface area contributed by atoms with Gasteiger partial charge < -0.3 is 40.2 Å². The number of alkyl halides is 1. The molecular weight excluding hydrogens is 952 g/mol. The standard InChI is InChI=1S/C60H57ClN6O7/c1-34(2)53(65-58(72)74-30-45-40-17-9-7-15-38(40)39-16-8-10-18-41(39)45)55(69)63-27-50(68)64-46-23-47-44(42-19-11-12-20-43(42)46)21-22-66(47)56(70)59-31-60(32-59,33-59)57(71)67-28-37(25-61)52-48(67)24-49(54-51(52)35(3)26-62-54)73-29-36-13-5-4-6-14-36/h4-20,23-24,26,34,37,45,53,62H,21-22,25,27-33H2,1-3H3,(H,63,69)(H,64,68)(H,65,72). The zero-order valence-electron chi connectivity index (χ0n) is 41.6. The minimum atomic E-state index is -0.962. The second kappa shape index (κ2) is 18.4. The maximum atomic E-state index is 14.8. The first-order valence-corrected chi connectivity index (χ1v) is 26.2. The summed E-state index contributed by atoms with van der Waals surface area (Å²) in [7, 11) is 0. The summed E-state index contributed by atoms with van der Waals surface area (Å²) in [6, 6.07) is 36.8. The molecule has 13 nitrogen and oxygen atoms in total. The number of aromatic nitrogens is 1. The van der Waals surface area contributed by atoms with Crippen LogP contribution >= 0.6 is 11.6 Å². The molecule has 4 aliphatic carbocycles. The Balaban J connectivity index is 0.704. The number of H-pyrrole nitrogens is 1. The number of rotatable bonds is 14. The van der Waals surface area contributed by atoms with E-state index >= 15 is 0 Å². The molecule has 14 heteroatoms. The van der Waals surface area contributed by atoms with Crippen LogP contribution in [-0.2, 0) is 36.9 Å². The first-order chi connectivity index (χ1) is 35.9. The Morgan fingerprint density at radius 3 is 2.14 bits per heavy atom. The number of fused-ring (bicyclic) bond motifs is 9. The molecule has 0 radical (unpaired) electrons. The Kier molecular flexibility index (Phi) is 11.8. The number of hydrogen-bond donors (Lipinski definition) is 4. The number of nitrogens with one attached hydrogen (secondary N) is 4. The van der Waals surface area contributed by atoms with E-state index in [0.717, 1.165) is 77.6 Å². The molecule has 2 atom stereocenters. The molecule has 74 heavy (non-hydrogen) atoms. The van der Waals surface area contributed by atoms with Gasteiger partial charge in [0.15, 0.2) is 0 Å². The number of aromatic amines is 1. The van der Waals surface area contributed by atoms with Crippen LogP contribution in [0.4, 0.5) is 21.9 Å². The highest BCUT2D eigenvalue weighted by Gasteiger charge is 2.76.